The first-order valence-corrected chi connectivity index (χ1v) is 7.82. The van der Waals surface area contributed by atoms with E-state index >= 15 is 0 Å². The number of aromatic nitrogens is 2. The van der Waals surface area contributed by atoms with E-state index in [1.165, 1.54) is 12.1 Å². The number of aromatic amines is 2. The third-order valence-electron chi connectivity index (χ3n) is 3.26. The lowest BCUT2D eigenvalue weighted by Gasteiger charge is -2.09. The molecule has 0 saturated heterocycles. The Hall–Kier alpha value is -2.77. The Morgan fingerprint density at radius 1 is 1.00 bits per heavy atom. The molecule has 0 unspecified atom stereocenters. The number of carbonyl (C=O) groups excluding carboxylic acids is 1. The topological polar surface area (TPSA) is 104 Å². The molecule has 9 heteroatoms. The van der Waals surface area contributed by atoms with Gasteiger partial charge in [-0.05, 0) is 36.4 Å². The van der Waals surface area contributed by atoms with Crippen LogP contribution in [0.25, 0.3) is 11.0 Å². The van der Waals surface area contributed by atoms with Crippen molar-refractivity contribution in [1.29, 1.82) is 0 Å². The summed E-state index contributed by atoms with van der Waals surface area (Å²) < 4.78 is 5.34. The van der Waals surface area contributed by atoms with Crippen LogP contribution in [0.1, 0.15) is 0 Å². The van der Waals surface area contributed by atoms with Gasteiger partial charge in [-0.25, -0.2) is 0 Å². The highest BCUT2D eigenvalue weighted by Crippen LogP contribution is 2.27. The van der Waals surface area contributed by atoms with Gasteiger partial charge < -0.3 is 20.0 Å². The molecule has 1 amide bonds. The van der Waals surface area contributed by atoms with Crippen molar-refractivity contribution in [2.75, 3.05) is 11.9 Å². The Morgan fingerprint density at radius 3 is 2.44 bits per heavy atom. The van der Waals surface area contributed by atoms with Crippen LogP contribution in [0.3, 0.4) is 0 Å². The second kappa shape index (κ2) is 7.00. The smallest absolute Gasteiger partial charge is 0.314 e. The van der Waals surface area contributed by atoms with E-state index in [2.05, 4.69) is 15.3 Å². The van der Waals surface area contributed by atoms with Gasteiger partial charge in [-0.3, -0.25) is 14.4 Å². The number of hydrogen-bond donors (Lipinski definition) is 3. The van der Waals surface area contributed by atoms with Gasteiger partial charge in [0.1, 0.15) is 5.75 Å². The SMILES string of the molecule is O=C(COc1ccc(Cl)cc1Cl)Nc1ccc2[nH]c(=O)c(=O)[nH]c2c1. The van der Waals surface area contributed by atoms with Gasteiger partial charge in [-0.15, -0.1) is 0 Å². The van der Waals surface area contributed by atoms with E-state index in [9.17, 15) is 14.4 Å². The molecular weight excluding hydrogens is 369 g/mol. The average molecular weight is 380 g/mol. The highest BCUT2D eigenvalue weighted by molar-refractivity contribution is 6.35. The number of halogens is 2. The summed E-state index contributed by atoms with van der Waals surface area (Å²) in [5.74, 6) is -0.0845. The van der Waals surface area contributed by atoms with Crippen molar-refractivity contribution in [3.8, 4) is 5.75 Å². The average Bonchev–Trinajstić information content (AvgIpc) is 2.55. The van der Waals surface area contributed by atoms with E-state index in [4.69, 9.17) is 27.9 Å². The quantitative estimate of drug-likeness (QED) is 0.605. The zero-order valence-electron chi connectivity index (χ0n) is 12.6. The molecule has 3 aromatic rings. The van der Waals surface area contributed by atoms with Gasteiger partial charge in [0.25, 0.3) is 5.91 Å². The number of hydrogen-bond acceptors (Lipinski definition) is 4. The Labute approximate surface area is 150 Å². The van der Waals surface area contributed by atoms with Crippen LogP contribution in [-0.4, -0.2) is 22.5 Å². The van der Waals surface area contributed by atoms with E-state index in [1.54, 1.807) is 24.3 Å². The predicted octanol–water partition coefficient (Wildman–Crippen LogP) is 2.54. The lowest BCUT2D eigenvalue weighted by atomic mass is 10.2. The van der Waals surface area contributed by atoms with Crippen molar-refractivity contribution in [3.05, 3.63) is 67.2 Å². The molecule has 3 rings (SSSR count). The fraction of sp³-hybridized carbons (Fsp3) is 0.0625. The molecule has 1 heterocycles. The van der Waals surface area contributed by atoms with Gasteiger partial charge in [0.2, 0.25) is 0 Å². The monoisotopic (exact) mass is 379 g/mol. The second-order valence-corrected chi connectivity index (χ2v) is 5.92. The molecule has 25 heavy (non-hydrogen) atoms. The number of fused-ring (bicyclic) bond motifs is 1. The number of anilines is 1. The Bertz CT molecular complexity index is 1070. The molecule has 0 radical (unpaired) electrons. The molecule has 0 bridgehead atoms. The first-order valence-electron chi connectivity index (χ1n) is 7.06. The predicted molar refractivity (Wildman–Crippen MR) is 95.8 cm³/mol. The number of carbonyl (C=O) groups is 1. The van der Waals surface area contributed by atoms with Crippen LogP contribution in [0, 0.1) is 0 Å². The summed E-state index contributed by atoms with van der Waals surface area (Å²) >= 11 is 11.8. The van der Waals surface area contributed by atoms with E-state index < -0.39 is 17.0 Å². The van der Waals surface area contributed by atoms with Crippen LogP contribution >= 0.6 is 23.2 Å². The Balaban J connectivity index is 1.70. The lowest BCUT2D eigenvalue weighted by molar-refractivity contribution is -0.118. The number of nitrogens with one attached hydrogen (secondary N) is 3. The van der Waals surface area contributed by atoms with Crippen LogP contribution in [0.2, 0.25) is 10.0 Å². The van der Waals surface area contributed by atoms with Gasteiger partial charge >= 0.3 is 11.1 Å². The molecule has 0 atom stereocenters. The molecule has 2 aromatic carbocycles. The summed E-state index contributed by atoms with van der Waals surface area (Å²) in [7, 11) is 0. The first-order chi connectivity index (χ1) is 11.9. The molecule has 0 spiro atoms. The largest absolute Gasteiger partial charge is 0.482 e. The lowest BCUT2D eigenvalue weighted by Crippen LogP contribution is -2.29. The minimum absolute atomic E-state index is 0.262. The Kier molecular flexibility index (Phi) is 4.78. The number of rotatable bonds is 4. The maximum absolute atomic E-state index is 12.0. The molecule has 128 valence electrons. The normalized spacial score (nSPS) is 10.6. The minimum atomic E-state index is -0.767. The van der Waals surface area contributed by atoms with Crippen LogP contribution in [0.5, 0.6) is 5.75 Å². The molecule has 0 aliphatic heterocycles. The molecule has 3 N–H and O–H groups in total. The van der Waals surface area contributed by atoms with Crippen LogP contribution in [0.4, 0.5) is 5.69 Å². The summed E-state index contributed by atoms with van der Waals surface area (Å²) in [5.41, 5.74) is -0.226. The number of benzene rings is 2. The summed E-state index contributed by atoms with van der Waals surface area (Å²) in [6.45, 7) is -0.262. The van der Waals surface area contributed by atoms with E-state index in [-0.39, 0.29) is 6.61 Å². The van der Waals surface area contributed by atoms with Crippen LogP contribution in [0.15, 0.2) is 46.0 Å². The fourth-order valence-corrected chi connectivity index (χ4v) is 2.59. The molecular formula is C16H11Cl2N3O4. The zero-order valence-corrected chi connectivity index (χ0v) is 14.1. The fourth-order valence-electron chi connectivity index (χ4n) is 2.13. The van der Waals surface area contributed by atoms with Crippen molar-refractivity contribution >= 4 is 45.8 Å². The first kappa shape index (κ1) is 17.1. The highest BCUT2D eigenvalue weighted by atomic mass is 35.5. The molecule has 1 aromatic heterocycles. The summed E-state index contributed by atoms with van der Waals surface area (Å²) in [4.78, 5) is 39.5. The molecule has 0 aliphatic rings. The number of ether oxygens (including phenoxy) is 1. The molecule has 0 saturated carbocycles. The Morgan fingerprint density at radius 2 is 1.72 bits per heavy atom. The number of amides is 1. The van der Waals surface area contributed by atoms with Crippen molar-refractivity contribution < 1.29 is 9.53 Å². The van der Waals surface area contributed by atoms with Gasteiger partial charge in [-0.2, -0.15) is 0 Å². The summed E-state index contributed by atoms with van der Waals surface area (Å²) in [6.07, 6.45) is 0. The number of H-pyrrole nitrogens is 2. The molecule has 0 aliphatic carbocycles. The molecule has 0 fully saturated rings. The van der Waals surface area contributed by atoms with Crippen molar-refractivity contribution in [2.45, 2.75) is 0 Å². The minimum Gasteiger partial charge on any atom is -0.482 e. The van der Waals surface area contributed by atoms with Crippen molar-refractivity contribution in [2.24, 2.45) is 0 Å². The second-order valence-electron chi connectivity index (χ2n) is 5.08. The standard InChI is InChI=1S/C16H11Cl2N3O4/c17-8-1-4-13(10(18)5-8)25-7-14(22)19-9-2-3-11-12(6-9)21-16(24)15(23)20-11/h1-6H,7H2,(H,19,22)(H,20,23)(H,21,24). The van der Waals surface area contributed by atoms with E-state index in [0.717, 1.165) is 0 Å². The van der Waals surface area contributed by atoms with E-state index in [1.807, 2.05) is 0 Å². The zero-order chi connectivity index (χ0) is 18.0. The van der Waals surface area contributed by atoms with E-state index in [0.29, 0.717) is 32.5 Å². The maximum atomic E-state index is 12.0. The third-order valence-corrected chi connectivity index (χ3v) is 3.79. The third kappa shape index (κ3) is 4.01. The van der Waals surface area contributed by atoms with Crippen molar-refractivity contribution in [1.82, 2.24) is 9.97 Å². The maximum Gasteiger partial charge on any atom is 0.314 e. The van der Waals surface area contributed by atoms with Crippen LogP contribution in [-0.2, 0) is 4.79 Å². The summed E-state index contributed by atoms with van der Waals surface area (Å²) in [6, 6.07) is 9.36. The van der Waals surface area contributed by atoms with Crippen LogP contribution < -0.4 is 21.2 Å². The van der Waals surface area contributed by atoms with Gasteiger partial charge in [0, 0.05) is 10.7 Å². The van der Waals surface area contributed by atoms with Crippen molar-refractivity contribution in [3.63, 3.8) is 0 Å². The van der Waals surface area contributed by atoms with Gasteiger partial charge in [-0.1, -0.05) is 23.2 Å². The van der Waals surface area contributed by atoms with Gasteiger partial charge in [0.15, 0.2) is 6.61 Å². The van der Waals surface area contributed by atoms with Gasteiger partial charge in [0.05, 0.1) is 16.1 Å². The molecule has 7 nitrogen and oxygen atoms in total. The highest BCUT2D eigenvalue weighted by Gasteiger charge is 2.08. The summed E-state index contributed by atoms with van der Waals surface area (Å²) in [5, 5.41) is 3.38.